The van der Waals surface area contributed by atoms with Crippen molar-refractivity contribution < 1.29 is 28.5 Å². The molecule has 41 heavy (non-hydrogen) atoms. The molecule has 1 saturated heterocycles. The van der Waals surface area contributed by atoms with E-state index in [9.17, 15) is 9.59 Å². The lowest BCUT2D eigenvalue weighted by atomic mass is 10.1. The SMILES string of the molecule is CCCOc1nc(N)nc2c1c(Br)nn2[C@H]1C[C@H](OC(=O)c2ccc(C)cc2)[C@@H](COC(=O)c2ccc(C)cc2)O1. The number of halogens is 1. The van der Waals surface area contributed by atoms with Crippen molar-refractivity contribution >= 4 is 44.9 Å². The molecule has 5 rings (SSSR count). The average Bonchev–Trinajstić information content (AvgIpc) is 3.50. The van der Waals surface area contributed by atoms with Crippen LogP contribution in [0, 0.1) is 13.8 Å². The molecule has 3 atom stereocenters. The fourth-order valence-corrected chi connectivity index (χ4v) is 4.95. The number of esters is 2. The number of aryl methyl sites for hydroxylation is 2. The van der Waals surface area contributed by atoms with Gasteiger partial charge in [-0.05, 0) is 60.5 Å². The number of ether oxygens (including phenoxy) is 4. The van der Waals surface area contributed by atoms with Gasteiger partial charge in [-0.1, -0.05) is 42.3 Å². The summed E-state index contributed by atoms with van der Waals surface area (Å²) in [5, 5.41) is 5.11. The van der Waals surface area contributed by atoms with E-state index < -0.39 is 30.4 Å². The summed E-state index contributed by atoms with van der Waals surface area (Å²) < 4.78 is 25.5. The highest BCUT2D eigenvalue weighted by molar-refractivity contribution is 9.10. The Morgan fingerprint density at radius 1 is 1.02 bits per heavy atom. The van der Waals surface area contributed by atoms with Gasteiger partial charge in [0, 0.05) is 6.42 Å². The third-order valence-electron chi connectivity index (χ3n) is 6.60. The molecule has 1 aliphatic rings. The van der Waals surface area contributed by atoms with Gasteiger partial charge in [0.15, 0.2) is 11.9 Å². The first-order valence-corrected chi connectivity index (χ1v) is 14.0. The van der Waals surface area contributed by atoms with E-state index in [-0.39, 0.29) is 19.0 Å². The molecule has 2 aromatic carbocycles. The van der Waals surface area contributed by atoms with E-state index >= 15 is 0 Å². The molecule has 0 aliphatic carbocycles. The number of hydrogen-bond acceptors (Lipinski definition) is 10. The molecule has 0 spiro atoms. The maximum absolute atomic E-state index is 13.0. The minimum absolute atomic E-state index is 0.0150. The van der Waals surface area contributed by atoms with Gasteiger partial charge in [-0.2, -0.15) is 15.1 Å². The molecular formula is C29H30BrN5O6. The number of carbonyl (C=O) groups excluding carboxylic acids is 2. The number of nitrogen functional groups attached to an aromatic ring is 1. The molecule has 3 heterocycles. The lowest BCUT2D eigenvalue weighted by Gasteiger charge is -2.19. The van der Waals surface area contributed by atoms with Crippen LogP contribution in [0.15, 0.2) is 53.1 Å². The number of carbonyl (C=O) groups is 2. The van der Waals surface area contributed by atoms with Gasteiger partial charge in [0.05, 0.1) is 17.7 Å². The van der Waals surface area contributed by atoms with Crippen LogP contribution >= 0.6 is 15.9 Å². The van der Waals surface area contributed by atoms with E-state index in [4.69, 9.17) is 24.7 Å². The Hall–Kier alpha value is -4.03. The molecule has 2 aromatic heterocycles. The fraction of sp³-hybridized carbons (Fsp3) is 0.345. The summed E-state index contributed by atoms with van der Waals surface area (Å²) in [7, 11) is 0. The molecule has 0 unspecified atom stereocenters. The molecule has 0 bridgehead atoms. The first kappa shape index (κ1) is 28.5. The standard InChI is InChI=1S/C29H30BrN5O6/c1-4-13-38-26-23-24(30)34-35(25(23)32-29(31)33-26)22-14-20(41-28(37)19-11-7-17(3)8-12-19)21(40-22)15-39-27(36)18-9-5-16(2)6-10-18/h5-12,20-22H,4,13-15H2,1-3H3,(H2,31,32,33)/t20-,21+,22+/m0/s1. The van der Waals surface area contributed by atoms with E-state index in [1.54, 1.807) is 28.9 Å². The highest BCUT2D eigenvalue weighted by Crippen LogP contribution is 2.37. The molecule has 0 radical (unpaired) electrons. The van der Waals surface area contributed by atoms with Gasteiger partial charge in [-0.15, -0.1) is 0 Å². The minimum atomic E-state index is -0.767. The maximum Gasteiger partial charge on any atom is 0.338 e. The molecule has 1 fully saturated rings. The predicted molar refractivity (Wildman–Crippen MR) is 154 cm³/mol. The Bertz CT molecular complexity index is 1560. The van der Waals surface area contributed by atoms with E-state index in [2.05, 4.69) is 31.0 Å². The summed E-state index contributed by atoms with van der Waals surface area (Å²) in [5.74, 6) is -0.703. The summed E-state index contributed by atoms with van der Waals surface area (Å²) in [6, 6.07) is 14.1. The van der Waals surface area contributed by atoms with Crippen LogP contribution in [0.2, 0.25) is 0 Å². The van der Waals surface area contributed by atoms with Crippen LogP contribution in [0.25, 0.3) is 11.0 Å². The predicted octanol–water partition coefficient (Wildman–Crippen LogP) is 4.95. The highest BCUT2D eigenvalue weighted by atomic mass is 79.9. The Morgan fingerprint density at radius 3 is 2.29 bits per heavy atom. The quantitative estimate of drug-likeness (QED) is 0.255. The Morgan fingerprint density at radius 2 is 1.66 bits per heavy atom. The second-order valence-corrected chi connectivity index (χ2v) is 10.6. The van der Waals surface area contributed by atoms with Crippen LogP contribution < -0.4 is 10.5 Å². The van der Waals surface area contributed by atoms with Crippen molar-refractivity contribution in [2.24, 2.45) is 0 Å². The number of hydrogen-bond donors (Lipinski definition) is 1. The number of nitrogens with zero attached hydrogens (tertiary/aromatic N) is 4. The minimum Gasteiger partial charge on any atom is -0.477 e. The number of rotatable bonds is 9. The van der Waals surface area contributed by atoms with Crippen molar-refractivity contribution in [3.05, 3.63) is 75.4 Å². The van der Waals surface area contributed by atoms with Crippen LogP contribution in [-0.4, -0.2) is 57.1 Å². The summed E-state index contributed by atoms with van der Waals surface area (Å²) in [5.41, 5.74) is 9.24. The van der Waals surface area contributed by atoms with Crippen molar-refractivity contribution in [1.82, 2.24) is 19.7 Å². The number of aromatic nitrogens is 4. The molecule has 11 nitrogen and oxygen atoms in total. The van der Waals surface area contributed by atoms with Gasteiger partial charge in [0.25, 0.3) is 0 Å². The second kappa shape index (κ2) is 12.2. The normalized spacial score (nSPS) is 18.4. The van der Waals surface area contributed by atoms with Crippen LogP contribution in [0.3, 0.4) is 0 Å². The zero-order valence-corrected chi connectivity index (χ0v) is 24.5. The monoisotopic (exact) mass is 623 g/mol. The Balaban J connectivity index is 1.41. The lowest BCUT2D eigenvalue weighted by molar-refractivity contribution is -0.0591. The van der Waals surface area contributed by atoms with Crippen LogP contribution in [0.1, 0.15) is 57.8 Å². The third kappa shape index (κ3) is 6.33. The first-order chi connectivity index (χ1) is 19.7. The van der Waals surface area contributed by atoms with Crippen LogP contribution in [0.4, 0.5) is 5.95 Å². The van der Waals surface area contributed by atoms with Gasteiger partial charge >= 0.3 is 11.9 Å². The summed E-state index contributed by atoms with van der Waals surface area (Å²) in [6.07, 6.45) is -1.22. The highest BCUT2D eigenvalue weighted by Gasteiger charge is 2.41. The van der Waals surface area contributed by atoms with Gasteiger partial charge in [0.1, 0.15) is 28.8 Å². The number of nitrogens with two attached hydrogens (primary N) is 1. The van der Waals surface area contributed by atoms with Crippen molar-refractivity contribution in [3.8, 4) is 5.88 Å². The molecule has 0 amide bonds. The second-order valence-electron chi connectivity index (χ2n) is 9.81. The van der Waals surface area contributed by atoms with E-state index in [1.165, 1.54) is 0 Å². The molecule has 214 valence electrons. The van der Waals surface area contributed by atoms with Crippen LogP contribution in [0.5, 0.6) is 5.88 Å². The molecular weight excluding hydrogens is 594 g/mol. The Kier molecular flexibility index (Phi) is 8.50. The Labute approximate surface area is 245 Å². The third-order valence-corrected chi connectivity index (χ3v) is 7.16. The van der Waals surface area contributed by atoms with E-state index in [0.717, 1.165) is 17.5 Å². The van der Waals surface area contributed by atoms with Gasteiger partial charge in [-0.25, -0.2) is 14.3 Å². The molecule has 1 aliphatic heterocycles. The van der Waals surface area contributed by atoms with Crippen molar-refractivity contribution in [3.63, 3.8) is 0 Å². The topological polar surface area (TPSA) is 141 Å². The van der Waals surface area contributed by atoms with Crippen molar-refractivity contribution in [2.75, 3.05) is 18.9 Å². The summed E-state index contributed by atoms with van der Waals surface area (Å²) >= 11 is 3.48. The lowest BCUT2D eigenvalue weighted by Crippen LogP contribution is -2.32. The van der Waals surface area contributed by atoms with E-state index in [1.807, 2.05) is 45.0 Å². The van der Waals surface area contributed by atoms with Gasteiger partial charge in [0.2, 0.25) is 11.8 Å². The number of anilines is 1. The zero-order chi connectivity index (χ0) is 29.1. The van der Waals surface area contributed by atoms with Gasteiger partial charge < -0.3 is 24.7 Å². The number of benzene rings is 2. The maximum atomic E-state index is 13.0. The average molecular weight is 624 g/mol. The largest absolute Gasteiger partial charge is 0.477 e. The smallest absolute Gasteiger partial charge is 0.338 e. The summed E-state index contributed by atoms with van der Waals surface area (Å²) in [6.45, 7) is 6.15. The first-order valence-electron chi connectivity index (χ1n) is 13.2. The van der Waals surface area contributed by atoms with Gasteiger partial charge in [-0.3, -0.25) is 0 Å². The molecule has 2 N–H and O–H groups in total. The van der Waals surface area contributed by atoms with E-state index in [0.29, 0.717) is 39.3 Å². The molecule has 12 heteroatoms. The summed E-state index contributed by atoms with van der Waals surface area (Å²) in [4.78, 5) is 34.4. The molecule has 4 aromatic rings. The van der Waals surface area contributed by atoms with Crippen LogP contribution in [-0.2, 0) is 14.2 Å². The van der Waals surface area contributed by atoms with Crippen molar-refractivity contribution in [2.45, 2.75) is 52.0 Å². The fourth-order valence-electron chi connectivity index (χ4n) is 4.44. The molecule has 0 saturated carbocycles. The number of fused-ring (bicyclic) bond motifs is 1. The van der Waals surface area contributed by atoms with Crippen molar-refractivity contribution in [1.29, 1.82) is 0 Å². The zero-order valence-electron chi connectivity index (χ0n) is 22.9.